The van der Waals surface area contributed by atoms with Gasteiger partial charge in [0, 0.05) is 12.3 Å². The molecule has 140 valence electrons. The number of fused-ring (bicyclic) bond motifs is 1. The standard InChI is InChI=1S/C19H32O3.C2H6/c1-17(2,21)10-13-11-19(4,22-12-13)16-8-7-14-15(20)6-5-9-18(14,16)3;1-2/h13-14,16,21H,5-12H2,1-4H3;1-2H3/t13-,14?,16?,18+,19+;/m1./s1. The first-order valence-corrected chi connectivity index (χ1v) is 10.0. The van der Waals surface area contributed by atoms with E-state index < -0.39 is 5.60 Å². The van der Waals surface area contributed by atoms with Gasteiger partial charge in [0.25, 0.3) is 0 Å². The monoisotopic (exact) mass is 338 g/mol. The van der Waals surface area contributed by atoms with E-state index >= 15 is 0 Å². The van der Waals surface area contributed by atoms with E-state index in [-0.39, 0.29) is 16.9 Å². The van der Waals surface area contributed by atoms with Crippen molar-refractivity contribution in [2.75, 3.05) is 6.61 Å². The van der Waals surface area contributed by atoms with Gasteiger partial charge in [0.15, 0.2) is 0 Å². The smallest absolute Gasteiger partial charge is 0.136 e. The largest absolute Gasteiger partial charge is 0.390 e. The zero-order valence-corrected chi connectivity index (χ0v) is 16.7. The van der Waals surface area contributed by atoms with E-state index in [1.54, 1.807) is 0 Å². The second kappa shape index (κ2) is 7.07. The highest BCUT2D eigenvalue weighted by atomic mass is 16.5. The van der Waals surface area contributed by atoms with E-state index in [2.05, 4.69) is 13.8 Å². The van der Waals surface area contributed by atoms with Crippen molar-refractivity contribution in [1.29, 1.82) is 0 Å². The maximum Gasteiger partial charge on any atom is 0.136 e. The van der Waals surface area contributed by atoms with Gasteiger partial charge in [0.2, 0.25) is 0 Å². The summed E-state index contributed by atoms with van der Waals surface area (Å²) in [6.45, 7) is 13.1. The van der Waals surface area contributed by atoms with Crippen LogP contribution in [0.25, 0.3) is 0 Å². The molecule has 0 aromatic rings. The molecule has 3 nitrogen and oxygen atoms in total. The minimum absolute atomic E-state index is 0.114. The Bertz CT molecular complexity index is 452. The van der Waals surface area contributed by atoms with Gasteiger partial charge in [-0.3, -0.25) is 4.79 Å². The van der Waals surface area contributed by atoms with Gasteiger partial charge in [-0.15, -0.1) is 0 Å². The molecule has 24 heavy (non-hydrogen) atoms. The highest BCUT2D eigenvalue weighted by molar-refractivity contribution is 5.83. The van der Waals surface area contributed by atoms with Gasteiger partial charge in [-0.25, -0.2) is 0 Å². The van der Waals surface area contributed by atoms with E-state index in [1.807, 2.05) is 27.7 Å². The van der Waals surface area contributed by atoms with E-state index in [9.17, 15) is 9.90 Å². The Labute approximate surface area is 148 Å². The average Bonchev–Trinajstić information content (AvgIpc) is 3.01. The summed E-state index contributed by atoms with van der Waals surface area (Å²) >= 11 is 0. The molecule has 0 radical (unpaired) electrons. The number of hydrogen-bond donors (Lipinski definition) is 1. The lowest BCUT2D eigenvalue weighted by molar-refractivity contribution is -0.134. The minimum atomic E-state index is -0.623. The summed E-state index contributed by atoms with van der Waals surface area (Å²) in [5, 5.41) is 10.1. The molecule has 1 N–H and O–H groups in total. The Morgan fingerprint density at radius 2 is 1.92 bits per heavy atom. The molecule has 2 saturated carbocycles. The van der Waals surface area contributed by atoms with Crippen LogP contribution in [-0.2, 0) is 9.53 Å². The molecule has 2 unspecified atom stereocenters. The lowest BCUT2D eigenvalue weighted by Crippen LogP contribution is -2.46. The van der Waals surface area contributed by atoms with E-state index in [4.69, 9.17) is 4.74 Å². The molecule has 0 aromatic carbocycles. The first-order chi connectivity index (χ1) is 11.1. The summed E-state index contributed by atoms with van der Waals surface area (Å²) in [5.74, 6) is 1.68. The first kappa shape index (κ1) is 19.9. The fraction of sp³-hybridized carbons (Fsp3) is 0.952. The Kier molecular flexibility index (Phi) is 5.87. The van der Waals surface area contributed by atoms with Crippen LogP contribution in [0.2, 0.25) is 0 Å². The van der Waals surface area contributed by atoms with Gasteiger partial charge < -0.3 is 9.84 Å². The molecule has 3 aliphatic rings. The quantitative estimate of drug-likeness (QED) is 0.807. The van der Waals surface area contributed by atoms with Gasteiger partial charge in [0.1, 0.15) is 5.78 Å². The summed E-state index contributed by atoms with van der Waals surface area (Å²) in [6.07, 6.45) is 7.00. The van der Waals surface area contributed by atoms with Crippen molar-refractivity contribution >= 4 is 5.78 Å². The molecule has 3 rings (SSSR count). The molecule has 5 atom stereocenters. The second-order valence-electron chi connectivity index (χ2n) is 9.22. The minimum Gasteiger partial charge on any atom is -0.390 e. The number of hydrogen-bond acceptors (Lipinski definition) is 3. The number of ketones is 1. The topological polar surface area (TPSA) is 46.5 Å². The molecule has 0 aromatic heterocycles. The fourth-order valence-corrected chi connectivity index (χ4v) is 6.01. The van der Waals surface area contributed by atoms with Gasteiger partial charge in [-0.2, -0.15) is 0 Å². The highest BCUT2D eigenvalue weighted by Crippen LogP contribution is 2.60. The summed E-state index contributed by atoms with van der Waals surface area (Å²) < 4.78 is 6.31. The third-order valence-electron chi connectivity index (χ3n) is 6.73. The van der Waals surface area contributed by atoms with Crippen molar-refractivity contribution < 1.29 is 14.6 Å². The number of Topliss-reactive ketones (excluding diaryl/α,β-unsaturated/α-hetero) is 1. The van der Waals surface area contributed by atoms with Crippen molar-refractivity contribution in [3.8, 4) is 0 Å². The Hall–Kier alpha value is -0.410. The zero-order valence-electron chi connectivity index (χ0n) is 16.7. The van der Waals surface area contributed by atoms with Gasteiger partial charge in [-0.1, -0.05) is 20.8 Å². The predicted octanol–water partition coefficient (Wildman–Crippen LogP) is 4.75. The SMILES string of the molecule is CC.CC(C)(O)C[C@H]1CO[C@](C)(C2CCC3C(=O)CCC[C@@]32C)C1. The lowest BCUT2D eigenvalue weighted by Gasteiger charge is -2.46. The third-order valence-corrected chi connectivity index (χ3v) is 6.73. The Balaban J connectivity index is 0.00000100. The number of rotatable bonds is 3. The number of carbonyl (C=O) groups excluding carboxylic acids is 1. The van der Waals surface area contributed by atoms with Crippen molar-refractivity contribution in [1.82, 2.24) is 0 Å². The van der Waals surface area contributed by atoms with Crippen LogP contribution in [0.3, 0.4) is 0 Å². The van der Waals surface area contributed by atoms with Crippen LogP contribution in [-0.4, -0.2) is 28.7 Å². The Morgan fingerprint density at radius 3 is 2.54 bits per heavy atom. The maximum absolute atomic E-state index is 12.3. The van der Waals surface area contributed by atoms with Crippen LogP contribution in [0, 0.1) is 23.2 Å². The van der Waals surface area contributed by atoms with Crippen molar-refractivity contribution in [3.05, 3.63) is 0 Å². The summed E-state index contributed by atoms with van der Waals surface area (Å²) in [6, 6.07) is 0. The fourth-order valence-electron chi connectivity index (χ4n) is 6.01. The van der Waals surface area contributed by atoms with E-state index in [0.717, 1.165) is 45.1 Å². The van der Waals surface area contributed by atoms with Gasteiger partial charge in [0.05, 0.1) is 17.8 Å². The molecule has 1 saturated heterocycles. The second-order valence-corrected chi connectivity index (χ2v) is 9.22. The van der Waals surface area contributed by atoms with Crippen LogP contribution in [0.5, 0.6) is 0 Å². The molecule has 2 aliphatic carbocycles. The predicted molar refractivity (Wildman–Crippen MR) is 97.9 cm³/mol. The van der Waals surface area contributed by atoms with Crippen LogP contribution < -0.4 is 0 Å². The molecule has 1 aliphatic heterocycles. The van der Waals surface area contributed by atoms with Gasteiger partial charge >= 0.3 is 0 Å². The van der Waals surface area contributed by atoms with Crippen LogP contribution in [0.1, 0.15) is 86.5 Å². The molecule has 3 heteroatoms. The molecule has 0 amide bonds. The van der Waals surface area contributed by atoms with Crippen molar-refractivity contribution in [3.63, 3.8) is 0 Å². The molecule has 1 heterocycles. The summed E-state index contributed by atoms with van der Waals surface area (Å²) in [7, 11) is 0. The molecular weight excluding hydrogens is 300 g/mol. The molecule has 3 fully saturated rings. The highest BCUT2D eigenvalue weighted by Gasteiger charge is 2.58. The number of carbonyl (C=O) groups is 1. The molecular formula is C21H38O3. The number of aliphatic hydroxyl groups is 1. The van der Waals surface area contributed by atoms with Crippen LogP contribution in [0.15, 0.2) is 0 Å². The lowest BCUT2D eigenvalue weighted by atomic mass is 9.60. The van der Waals surface area contributed by atoms with Crippen molar-refractivity contribution in [2.24, 2.45) is 23.2 Å². The van der Waals surface area contributed by atoms with E-state index in [0.29, 0.717) is 17.6 Å². The number of ether oxygens (including phenoxy) is 1. The Morgan fingerprint density at radius 1 is 1.25 bits per heavy atom. The zero-order chi connectivity index (χ0) is 18.2. The first-order valence-electron chi connectivity index (χ1n) is 10.0. The van der Waals surface area contributed by atoms with E-state index in [1.165, 1.54) is 6.42 Å². The normalized spacial score (nSPS) is 42.5. The van der Waals surface area contributed by atoms with Crippen molar-refractivity contribution in [2.45, 2.75) is 97.7 Å². The van der Waals surface area contributed by atoms with Gasteiger partial charge in [-0.05, 0) is 76.5 Å². The van der Waals surface area contributed by atoms with Crippen LogP contribution in [0.4, 0.5) is 0 Å². The molecule has 0 bridgehead atoms. The summed E-state index contributed by atoms with van der Waals surface area (Å²) in [5.41, 5.74) is -0.604. The molecule has 0 spiro atoms. The third kappa shape index (κ3) is 3.72. The maximum atomic E-state index is 12.3. The van der Waals surface area contributed by atoms with Crippen LogP contribution >= 0.6 is 0 Å². The average molecular weight is 339 g/mol. The summed E-state index contributed by atoms with van der Waals surface area (Å²) in [4.78, 5) is 12.3.